The largest absolute Gasteiger partial charge is 0.329 e. The molecule has 4 rings (SSSR count). The number of fused-ring (bicyclic) bond motifs is 1. The zero-order valence-corrected chi connectivity index (χ0v) is 15.1. The van der Waals surface area contributed by atoms with Gasteiger partial charge in [0.2, 0.25) is 5.91 Å². The molecule has 0 saturated heterocycles. The van der Waals surface area contributed by atoms with Gasteiger partial charge >= 0.3 is 0 Å². The highest BCUT2D eigenvalue weighted by molar-refractivity contribution is 6.00. The number of nitrogens with one attached hydrogen (secondary N) is 1. The topological polar surface area (TPSA) is 101 Å². The van der Waals surface area contributed by atoms with E-state index in [4.69, 9.17) is 0 Å². The Kier molecular flexibility index (Phi) is 5.01. The number of amides is 2. The van der Waals surface area contributed by atoms with E-state index in [9.17, 15) is 9.59 Å². The van der Waals surface area contributed by atoms with Crippen LogP contribution in [0.4, 0.5) is 5.69 Å². The quantitative estimate of drug-likeness (QED) is 0.749. The van der Waals surface area contributed by atoms with Gasteiger partial charge in [-0.3, -0.25) is 19.6 Å². The number of pyridine rings is 2. The average Bonchev–Trinajstić information content (AvgIpc) is 2.88. The molecule has 4 heterocycles. The molecule has 2 amide bonds. The first-order valence-corrected chi connectivity index (χ1v) is 8.96. The molecule has 0 aromatic carbocycles. The summed E-state index contributed by atoms with van der Waals surface area (Å²) >= 11 is 0. The standard InChI is InChI=1S/C20H18N6O2/c27-18(24-15-3-1-7-22-11-15)13-26-10-2-4-17-16(20(26)28)12-23-19(25-17)14-5-8-21-9-6-14/h1,3,5-9,11-12H,2,4,10,13H2,(H,24,27). The predicted octanol–water partition coefficient (Wildman–Crippen LogP) is 1.96. The first-order chi connectivity index (χ1) is 13.7. The SMILES string of the molecule is O=C(CN1CCCc2nc(-c3ccncc3)ncc2C1=O)Nc1cccnc1. The summed E-state index contributed by atoms with van der Waals surface area (Å²) in [5, 5.41) is 2.75. The van der Waals surface area contributed by atoms with E-state index in [1.54, 1.807) is 43.1 Å². The van der Waals surface area contributed by atoms with E-state index in [-0.39, 0.29) is 18.4 Å². The second-order valence-corrected chi connectivity index (χ2v) is 6.41. The van der Waals surface area contributed by atoms with E-state index in [0.29, 0.717) is 35.7 Å². The molecule has 1 N–H and O–H groups in total. The van der Waals surface area contributed by atoms with Crippen LogP contribution in [0, 0.1) is 0 Å². The summed E-state index contributed by atoms with van der Waals surface area (Å²) in [6.07, 6.45) is 9.49. The number of aromatic nitrogens is 4. The Bertz CT molecular complexity index is 994. The molecule has 8 heteroatoms. The van der Waals surface area contributed by atoms with Crippen molar-refractivity contribution in [2.45, 2.75) is 12.8 Å². The maximum atomic E-state index is 12.9. The monoisotopic (exact) mass is 374 g/mol. The smallest absolute Gasteiger partial charge is 0.257 e. The van der Waals surface area contributed by atoms with Crippen LogP contribution in [0.3, 0.4) is 0 Å². The molecule has 3 aromatic heterocycles. The Morgan fingerprint density at radius 3 is 2.75 bits per heavy atom. The number of hydrogen-bond donors (Lipinski definition) is 1. The van der Waals surface area contributed by atoms with Crippen LogP contribution < -0.4 is 5.32 Å². The van der Waals surface area contributed by atoms with Gasteiger partial charge in [-0.1, -0.05) is 0 Å². The van der Waals surface area contributed by atoms with E-state index in [1.165, 1.54) is 4.90 Å². The van der Waals surface area contributed by atoms with Gasteiger partial charge in [0.15, 0.2) is 5.82 Å². The van der Waals surface area contributed by atoms with Crippen molar-refractivity contribution < 1.29 is 9.59 Å². The third kappa shape index (κ3) is 3.85. The van der Waals surface area contributed by atoms with Crippen molar-refractivity contribution in [1.29, 1.82) is 0 Å². The van der Waals surface area contributed by atoms with Crippen LogP contribution in [0.25, 0.3) is 11.4 Å². The zero-order valence-electron chi connectivity index (χ0n) is 15.1. The minimum atomic E-state index is -0.265. The van der Waals surface area contributed by atoms with Crippen molar-refractivity contribution in [1.82, 2.24) is 24.8 Å². The molecule has 0 saturated carbocycles. The first kappa shape index (κ1) is 17.7. The molecule has 0 atom stereocenters. The predicted molar refractivity (Wildman–Crippen MR) is 102 cm³/mol. The molecule has 0 spiro atoms. The molecule has 0 aliphatic carbocycles. The average molecular weight is 374 g/mol. The summed E-state index contributed by atoms with van der Waals surface area (Å²) in [6.45, 7) is 0.458. The van der Waals surface area contributed by atoms with Crippen molar-refractivity contribution in [2.24, 2.45) is 0 Å². The Morgan fingerprint density at radius 2 is 1.96 bits per heavy atom. The lowest BCUT2D eigenvalue weighted by Gasteiger charge is -2.20. The second-order valence-electron chi connectivity index (χ2n) is 6.41. The van der Waals surface area contributed by atoms with Crippen LogP contribution >= 0.6 is 0 Å². The van der Waals surface area contributed by atoms with Crippen LogP contribution in [0.1, 0.15) is 22.5 Å². The lowest BCUT2D eigenvalue weighted by Crippen LogP contribution is -2.38. The van der Waals surface area contributed by atoms with Gasteiger partial charge in [-0.05, 0) is 37.1 Å². The van der Waals surface area contributed by atoms with E-state index in [2.05, 4.69) is 25.3 Å². The third-order valence-corrected chi connectivity index (χ3v) is 4.45. The van der Waals surface area contributed by atoms with Gasteiger partial charge in [0.05, 0.1) is 23.1 Å². The van der Waals surface area contributed by atoms with Gasteiger partial charge in [-0.25, -0.2) is 9.97 Å². The first-order valence-electron chi connectivity index (χ1n) is 8.96. The summed E-state index contributed by atoms with van der Waals surface area (Å²) in [7, 11) is 0. The van der Waals surface area contributed by atoms with Gasteiger partial charge in [0, 0.05) is 36.9 Å². The maximum absolute atomic E-state index is 12.9. The van der Waals surface area contributed by atoms with Crippen molar-refractivity contribution in [3.63, 3.8) is 0 Å². The Morgan fingerprint density at radius 1 is 1.11 bits per heavy atom. The fraction of sp³-hybridized carbons (Fsp3) is 0.200. The van der Waals surface area contributed by atoms with Gasteiger partial charge in [0.1, 0.15) is 6.54 Å². The van der Waals surface area contributed by atoms with Crippen molar-refractivity contribution in [2.75, 3.05) is 18.4 Å². The second kappa shape index (κ2) is 7.91. The van der Waals surface area contributed by atoms with Crippen LogP contribution in [0.15, 0.2) is 55.2 Å². The molecule has 28 heavy (non-hydrogen) atoms. The molecule has 0 bridgehead atoms. The van der Waals surface area contributed by atoms with E-state index < -0.39 is 0 Å². The fourth-order valence-electron chi connectivity index (χ4n) is 3.10. The number of aryl methyl sites for hydroxylation is 1. The molecule has 8 nitrogen and oxygen atoms in total. The number of anilines is 1. The fourth-order valence-corrected chi connectivity index (χ4v) is 3.10. The van der Waals surface area contributed by atoms with Gasteiger partial charge < -0.3 is 10.2 Å². The van der Waals surface area contributed by atoms with Gasteiger partial charge in [-0.15, -0.1) is 0 Å². The molecular formula is C20H18N6O2. The molecule has 0 unspecified atom stereocenters. The van der Waals surface area contributed by atoms with Crippen LogP contribution in [0.5, 0.6) is 0 Å². The summed E-state index contributed by atoms with van der Waals surface area (Å²) in [5.74, 6) is 0.0750. The lowest BCUT2D eigenvalue weighted by atomic mass is 10.1. The molecule has 3 aromatic rings. The molecule has 1 aliphatic heterocycles. The lowest BCUT2D eigenvalue weighted by molar-refractivity contribution is -0.116. The number of nitrogens with zero attached hydrogens (tertiary/aromatic N) is 5. The highest BCUT2D eigenvalue weighted by Gasteiger charge is 2.26. The summed E-state index contributed by atoms with van der Waals surface area (Å²) in [6, 6.07) is 7.14. The van der Waals surface area contributed by atoms with Crippen molar-refractivity contribution in [3.8, 4) is 11.4 Å². The van der Waals surface area contributed by atoms with Crippen molar-refractivity contribution >= 4 is 17.5 Å². The highest BCUT2D eigenvalue weighted by Crippen LogP contribution is 2.20. The highest BCUT2D eigenvalue weighted by atomic mass is 16.2. The number of hydrogen-bond acceptors (Lipinski definition) is 6. The molecule has 0 radical (unpaired) electrons. The number of rotatable bonds is 4. The van der Waals surface area contributed by atoms with E-state index in [0.717, 1.165) is 12.0 Å². The van der Waals surface area contributed by atoms with E-state index >= 15 is 0 Å². The van der Waals surface area contributed by atoms with E-state index in [1.807, 2.05) is 12.1 Å². The van der Waals surface area contributed by atoms with Crippen LogP contribution in [0.2, 0.25) is 0 Å². The van der Waals surface area contributed by atoms with Crippen molar-refractivity contribution in [3.05, 3.63) is 66.5 Å². The maximum Gasteiger partial charge on any atom is 0.257 e. The summed E-state index contributed by atoms with van der Waals surface area (Å²) in [5.41, 5.74) is 2.61. The summed E-state index contributed by atoms with van der Waals surface area (Å²) < 4.78 is 0. The molecule has 1 aliphatic rings. The Balaban J connectivity index is 1.51. The third-order valence-electron chi connectivity index (χ3n) is 4.45. The number of carbonyl (C=O) groups excluding carboxylic acids is 2. The van der Waals surface area contributed by atoms with Gasteiger partial charge in [-0.2, -0.15) is 0 Å². The Hall–Kier alpha value is -3.68. The van der Waals surface area contributed by atoms with Crippen LogP contribution in [-0.4, -0.2) is 49.7 Å². The molecule has 140 valence electrons. The molecular weight excluding hydrogens is 356 g/mol. The normalized spacial score (nSPS) is 13.6. The zero-order chi connectivity index (χ0) is 19.3. The van der Waals surface area contributed by atoms with Gasteiger partial charge in [0.25, 0.3) is 5.91 Å². The minimum absolute atomic E-state index is 0.0285. The summed E-state index contributed by atoms with van der Waals surface area (Å²) in [4.78, 5) is 43.6. The van der Waals surface area contributed by atoms with Crippen LogP contribution in [-0.2, 0) is 11.2 Å². The minimum Gasteiger partial charge on any atom is -0.329 e. The Labute approximate surface area is 161 Å². The number of carbonyl (C=O) groups is 2. The molecule has 0 fully saturated rings.